The number of hydrogen-bond donors (Lipinski definition) is 1. The number of benzene rings is 1. The molecule has 1 amide bonds. The van der Waals surface area contributed by atoms with Gasteiger partial charge in [0.25, 0.3) is 0 Å². The molecule has 1 aromatic rings. The number of fused-ring (bicyclic) bond motifs is 2. The fourth-order valence-corrected chi connectivity index (χ4v) is 5.28. The fourth-order valence-electron chi connectivity index (χ4n) is 5.28. The van der Waals surface area contributed by atoms with Crippen LogP contribution in [-0.4, -0.2) is 42.1 Å². The van der Waals surface area contributed by atoms with Gasteiger partial charge in [0.1, 0.15) is 18.5 Å². The lowest BCUT2D eigenvalue weighted by Gasteiger charge is -2.38. The van der Waals surface area contributed by atoms with Gasteiger partial charge in [-0.1, -0.05) is 36.4 Å². The van der Waals surface area contributed by atoms with E-state index in [9.17, 15) is 4.79 Å². The van der Waals surface area contributed by atoms with Gasteiger partial charge in [-0.25, -0.2) is 0 Å². The Hall–Kier alpha value is -2.27. The van der Waals surface area contributed by atoms with Gasteiger partial charge in [0.15, 0.2) is 5.76 Å². The van der Waals surface area contributed by atoms with Crippen LogP contribution in [0, 0.1) is 5.92 Å². The maximum atomic E-state index is 12.9. The van der Waals surface area contributed by atoms with E-state index < -0.39 is 0 Å². The van der Waals surface area contributed by atoms with E-state index in [-0.39, 0.29) is 17.9 Å². The van der Waals surface area contributed by atoms with Gasteiger partial charge >= 0.3 is 0 Å². The van der Waals surface area contributed by atoms with Crippen LogP contribution in [0.4, 0.5) is 0 Å². The first-order valence-electron chi connectivity index (χ1n) is 11.0. The number of carbonyl (C=O) groups is 1. The summed E-state index contributed by atoms with van der Waals surface area (Å²) in [6, 6.07) is 11.7. The van der Waals surface area contributed by atoms with Crippen LogP contribution in [0.2, 0.25) is 0 Å². The molecular formula is C24H30N2O3. The number of amides is 1. The number of allylic oxidation sites excluding steroid dienone is 3. The van der Waals surface area contributed by atoms with Crippen LogP contribution in [0.1, 0.15) is 44.1 Å². The number of hydrogen-bond acceptors (Lipinski definition) is 4. The van der Waals surface area contributed by atoms with Crippen LogP contribution in [0.5, 0.6) is 0 Å². The van der Waals surface area contributed by atoms with Crippen LogP contribution in [0.3, 0.4) is 0 Å². The number of nitrogens with one attached hydrogen (secondary N) is 1. The van der Waals surface area contributed by atoms with Crippen LogP contribution in [0.15, 0.2) is 54.0 Å². The van der Waals surface area contributed by atoms with Gasteiger partial charge in [-0.3, -0.25) is 9.69 Å². The molecule has 0 saturated carbocycles. The Balaban J connectivity index is 1.13. The van der Waals surface area contributed by atoms with Crippen molar-refractivity contribution in [1.82, 2.24) is 10.2 Å². The van der Waals surface area contributed by atoms with E-state index in [1.807, 2.05) is 6.08 Å². The van der Waals surface area contributed by atoms with Gasteiger partial charge in [0, 0.05) is 31.0 Å². The second-order valence-electron chi connectivity index (χ2n) is 8.74. The summed E-state index contributed by atoms with van der Waals surface area (Å²) in [5.74, 6) is 2.10. The summed E-state index contributed by atoms with van der Waals surface area (Å²) >= 11 is 0. The molecule has 3 unspecified atom stereocenters. The molecule has 0 spiro atoms. The van der Waals surface area contributed by atoms with E-state index >= 15 is 0 Å². The van der Waals surface area contributed by atoms with Crippen LogP contribution >= 0.6 is 0 Å². The van der Waals surface area contributed by atoms with Gasteiger partial charge in [-0.2, -0.15) is 0 Å². The number of carbonyl (C=O) groups excluding carboxylic acids is 1. The summed E-state index contributed by atoms with van der Waals surface area (Å²) in [4.78, 5) is 15.5. The van der Waals surface area contributed by atoms with Crippen molar-refractivity contribution in [2.75, 3.05) is 13.2 Å². The Kier molecular flexibility index (Phi) is 5.32. The standard InChI is InChI=1S/C24H30N2O3/c27-24(25-14-21-16-28-22-8-4-5-9-23(22)29-21)18-12-19-10-11-20(13-18)26(19)15-17-6-2-1-3-7-17/h1-3,5-7,9,18-21H,4,8,10-16H2,(H,25,27). The normalized spacial score (nSPS) is 31.0. The Morgan fingerprint density at radius 3 is 2.72 bits per heavy atom. The average molecular weight is 395 g/mol. The third-order valence-corrected chi connectivity index (χ3v) is 6.79. The maximum absolute atomic E-state index is 12.9. The smallest absolute Gasteiger partial charge is 0.223 e. The van der Waals surface area contributed by atoms with E-state index in [0.717, 1.165) is 43.7 Å². The second kappa shape index (κ2) is 8.23. The van der Waals surface area contributed by atoms with Gasteiger partial charge in [-0.15, -0.1) is 0 Å². The van der Waals surface area contributed by atoms with Gasteiger partial charge in [-0.05, 0) is 43.7 Å². The zero-order valence-corrected chi connectivity index (χ0v) is 16.9. The third kappa shape index (κ3) is 4.06. The molecule has 5 heteroatoms. The fraction of sp³-hybridized carbons (Fsp3) is 0.542. The van der Waals surface area contributed by atoms with Crippen LogP contribution < -0.4 is 5.32 Å². The molecule has 2 saturated heterocycles. The highest BCUT2D eigenvalue weighted by Gasteiger charge is 2.42. The Morgan fingerprint density at radius 2 is 1.93 bits per heavy atom. The average Bonchev–Trinajstić information content (AvgIpc) is 2.99. The quantitative estimate of drug-likeness (QED) is 0.830. The van der Waals surface area contributed by atoms with Crippen molar-refractivity contribution >= 4 is 5.91 Å². The predicted molar refractivity (Wildman–Crippen MR) is 111 cm³/mol. The third-order valence-electron chi connectivity index (χ3n) is 6.79. The Bertz CT molecular complexity index is 790. The summed E-state index contributed by atoms with van der Waals surface area (Å²) in [5.41, 5.74) is 1.37. The van der Waals surface area contributed by atoms with Crippen molar-refractivity contribution in [3.05, 3.63) is 59.6 Å². The zero-order chi connectivity index (χ0) is 19.6. The summed E-state index contributed by atoms with van der Waals surface area (Å²) in [7, 11) is 0. The molecular weight excluding hydrogens is 364 g/mol. The van der Waals surface area contributed by atoms with Crippen molar-refractivity contribution in [2.45, 2.75) is 63.3 Å². The minimum Gasteiger partial charge on any atom is -0.490 e. The van der Waals surface area contributed by atoms with E-state index in [2.05, 4.69) is 46.6 Å². The SMILES string of the molecule is O=C(NCC1COC2=C(C=CCC2)O1)C1CC2CCC(C1)N2Cc1ccccc1. The summed E-state index contributed by atoms with van der Waals surface area (Å²) in [5, 5.41) is 3.14. The number of rotatable bonds is 5. The molecule has 5 nitrogen and oxygen atoms in total. The number of nitrogens with zero attached hydrogens (tertiary/aromatic N) is 1. The lowest BCUT2D eigenvalue weighted by atomic mass is 9.89. The highest BCUT2D eigenvalue weighted by molar-refractivity contribution is 5.79. The van der Waals surface area contributed by atoms with Crippen molar-refractivity contribution in [2.24, 2.45) is 5.92 Å². The van der Waals surface area contributed by atoms with Crippen molar-refractivity contribution < 1.29 is 14.3 Å². The van der Waals surface area contributed by atoms with E-state index in [0.29, 0.717) is 25.2 Å². The van der Waals surface area contributed by atoms with E-state index in [1.54, 1.807) is 0 Å². The molecule has 2 fully saturated rings. The van der Waals surface area contributed by atoms with Gasteiger partial charge in [0.05, 0.1) is 6.54 Å². The van der Waals surface area contributed by atoms with Gasteiger partial charge in [0.2, 0.25) is 5.91 Å². The second-order valence-corrected chi connectivity index (χ2v) is 8.74. The molecule has 3 heterocycles. The van der Waals surface area contributed by atoms with Crippen molar-refractivity contribution in [1.29, 1.82) is 0 Å². The Morgan fingerprint density at radius 1 is 1.14 bits per heavy atom. The topological polar surface area (TPSA) is 50.8 Å². The number of piperidine rings is 1. The van der Waals surface area contributed by atoms with Crippen LogP contribution in [-0.2, 0) is 20.8 Å². The largest absolute Gasteiger partial charge is 0.490 e. The molecule has 5 rings (SSSR count). The molecule has 154 valence electrons. The molecule has 1 aliphatic carbocycles. The minimum absolute atomic E-state index is 0.102. The van der Waals surface area contributed by atoms with Gasteiger partial charge < -0.3 is 14.8 Å². The molecule has 3 atom stereocenters. The maximum Gasteiger partial charge on any atom is 0.223 e. The van der Waals surface area contributed by atoms with Crippen molar-refractivity contribution in [3.8, 4) is 0 Å². The molecule has 1 N–H and O–H groups in total. The molecule has 29 heavy (non-hydrogen) atoms. The van der Waals surface area contributed by atoms with Crippen molar-refractivity contribution in [3.63, 3.8) is 0 Å². The first-order valence-corrected chi connectivity index (χ1v) is 11.0. The molecule has 1 aromatic carbocycles. The van der Waals surface area contributed by atoms with E-state index in [1.165, 1.54) is 18.4 Å². The first kappa shape index (κ1) is 18.7. The van der Waals surface area contributed by atoms with Crippen LogP contribution in [0.25, 0.3) is 0 Å². The molecule has 4 aliphatic rings. The minimum atomic E-state index is -0.102. The zero-order valence-electron chi connectivity index (χ0n) is 16.9. The summed E-state index contributed by atoms with van der Waals surface area (Å²) in [6.45, 7) is 2.04. The Labute approximate surface area is 172 Å². The van der Waals surface area contributed by atoms with E-state index in [4.69, 9.17) is 9.47 Å². The molecule has 0 radical (unpaired) electrons. The highest BCUT2D eigenvalue weighted by Crippen LogP contribution is 2.39. The summed E-state index contributed by atoms with van der Waals surface area (Å²) < 4.78 is 11.8. The molecule has 2 bridgehead atoms. The summed E-state index contributed by atoms with van der Waals surface area (Å²) in [6.07, 6.45) is 10.3. The predicted octanol–water partition coefficient (Wildman–Crippen LogP) is 3.52. The lowest BCUT2D eigenvalue weighted by Crippen LogP contribution is -2.48. The monoisotopic (exact) mass is 394 g/mol. The molecule has 3 aliphatic heterocycles. The first-order chi connectivity index (χ1) is 14.3. The molecule has 0 aromatic heterocycles. The number of ether oxygens (including phenoxy) is 2. The lowest BCUT2D eigenvalue weighted by molar-refractivity contribution is -0.128. The highest BCUT2D eigenvalue weighted by atomic mass is 16.6.